The van der Waals surface area contributed by atoms with Gasteiger partial charge in [-0.25, -0.2) is 0 Å². The van der Waals surface area contributed by atoms with Gasteiger partial charge in [0, 0.05) is 6.42 Å². The normalized spacial score (nSPS) is 16.0. The smallest absolute Gasteiger partial charge is 0.200 e. The molecular formula is C14H17F13. The van der Waals surface area contributed by atoms with Gasteiger partial charge in [-0.05, 0) is 18.3 Å². The highest BCUT2D eigenvalue weighted by Gasteiger charge is 2.90. The summed E-state index contributed by atoms with van der Waals surface area (Å²) in [6.45, 7) is 4.86. The third-order valence-corrected chi connectivity index (χ3v) is 3.67. The summed E-state index contributed by atoms with van der Waals surface area (Å²) in [7, 11) is 0. The molecule has 0 unspecified atom stereocenters. The van der Waals surface area contributed by atoms with Gasteiger partial charge in [-0.15, -0.1) is 0 Å². The minimum absolute atomic E-state index is 0.146. The molecule has 0 aromatic heterocycles. The Balaban J connectivity index is 5.68. The van der Waals surface area contributed by atoms with E-state index in [0.29, 0.717) is 0 Å². The summed E-state index contributed by atoms with van der Waals surface area (Å²) >= 11 is 0. The molecule has 0 saturated carbocycles. The predicted molar refractivity (Wildman–Crippen MR) is 68.7 cm³/mol. The molecule has 0 heterocycles. The lowest BCUT2D eigenvalue weighted by Gasteiger charge is -2.39. The molecule has 0 spiro atoms. The van der Waals surface area contributed by atoms with Crippen LogP contribution in [0, 0.1) is 5.41 Å². The summed E-state index contributed by atoms with van der Waals surface area (Å²) in [5.74, 6) is -36.3. The van der Waals surface area contributed by atoms with Crippen LogP contribution in [-0.2, 0) is 0 Å². The zero-order valence-electron chi connectivity index (χ0n) is 14.2. The van der Waals surface area contributed by atoms with Crippen LogP contribution >= 0.6 is 0 Å². The van der Waals surface area contributed by atoms with Gasteiger partial charge in [-0.1, -0.05) is 27.2 Å². The van der Waals surface area contributed by atoms with Gasteiger partial charge in [0.15, 0.2) is 0 Å². The number of hydrogen-bond donors (Lipinski definition) is 0. The molecule has 13 heteroatoms. The minimum atomic E-state index is -7.82. The number of halogens is 13. The Morgan fingerprint density at radius 1 is 0.444 bits per heavy atom. The molecule has 0 N–H and O–H groups in total. The van der Waals surface area contributed by atoms with Crippen molar-refractivity contribution in [1.82, 2.24) is 0 Å². The molecule has 0 aliphatic carbocycles. The van der Waals surface area contributed by atoms with Gasteiger partial charge in [0.1, 0.15) is 0 Å². The lowest BCUT2D eigenvalue weighted by Crippen LogP contribution is -2.70. The molecule has 0 nitrogen and oxygen atoms in total. The van der Waals surface area contributed by atoms with Crippen molar-refractivity contribution >= 4 is 0 Å². The Morgan fingerprint density at radius 3 is 1.11 bits per heavy atom. The molecule has 0 aliphatic heterocycles. The zero-order valence-corrected chi connectivity index (χ0v) is 14.2. The van der Waals surface area contributed by atoms with Crippen molar-refractivity contribution in [2.24, 2.45) is 5.41 Å². The molecular weight excluding hydrogens is 415 g/mol. The summed E-state index contributed by atoms with van der Waals surface area (Å²) in [5.41, 5.74) is -0.469. The van der Waals surface area contributed by atoms with Crippen molar-refractivity contribution in [3.63, 3.8) is 0 Å². The van der Waals surface area contributed by atoms with Gasteiger partial charge in [0.2, 0.25) is 0 Å². The summed E-state index contributed by atoms with van der Waals surface area (Å²) in [5, 5.41) is 0. The summed E-state index contributed by atoms with van der Waals surface area (Å²) in [4.78, 5) is 0. The lowest BCUT2D eigenvalue weighted by atomic mass is 9.87. The monoisotopic (exact) mass is 432 g/mol. The SMILES string of the molecule is CC(C)(C)CCCCC(F)(F)C(F)(F)C(F)(F)C(F)(F)C(F)(F)C(F)(F)F. The van der Waals surface area contributed by atoms with Crippen molar-refractivity contribution in [3.05, 3.63) is 0 Å². The maximum Gasteiger partial charge on any atom is 0.460 e. The van der Waals surface area contributed by atoms with E-state index in [0.717, 1.165) is 0 Å². The first kappa shape index (κ1) is 26.1. The molecule has 0 amide bonds. The highest BCUT2D eigenvalue weighted by atomic mass is 19.4. The Kier molecular flexibility index (Phi) is 6.92. The van der Waals surface area contributed by atoms with E-state index < -0.39 is 54.0 Å². The van der Waals surface area contributed by atoms with E-state index in [-0.39, 0.29) is 12.8 Å². The van der Waals surface area contributed by atoms with Crippen molar-refractivity contribution in [2.75, 3.05) is 0 Å². The van der Waals surface area contributed by atoms with Crippen LogP contribution in [0.1, 0.15) is 46.5 Å². The first-order valence-electron chi connectivity index (χ1n) is 7.41. The molecule has 0 atom stereocenters. The van der Waals surface area contributed by atoms with E-state index in [1.165, 1.54) is 0 Å². The molecule has 0 rings (SSSR count). The highest BCUT2D eigenvalue weighted by Crippen LogP contribution is 2.60. The molecule has 27 heavy (non-hydrogen) atoms. The first-order valence-corrected chi connectivity index (χ1v) is 7.41. The maximum absolute atomic E-state index is 13.4. The van der Waals surface area contributed by atoms with Gasteiger partial charge >= 0.3 is 35.8 Å². The van der Waals surface area contributed by atoms with E-state index in [4.69, 9.17) is 0 Å². The number of rotatable bonds is 8. The molecule has 0 bridgehead atoms. The molecule has 0 radical (unpaired) electrons. The van der Waals surface area contributed by atoms with Gasteiger partial charge in [0.25, 0.3) is 0 Å². The first-order chi connectivity index (χ1) is 11.5. The second-order valence-electron chi connectivity index (χ2n) is 7.27. The van der Waals surface area contributed by atoms with Crippen molar-refractivity contribution in [3.8, 4) is 0 Å². The Morgan fingerprint density at radius 2 is 0.778 bits per heavy atom. The molecule has 164 valence electrons. The van der Waals surface area contributed by atoms with Crippen LogP contribution in [0.5, 0.6) is 0 Å². The lowest BCUT2D eigenvalue weighted by molar-refractivity contribution is -0.440. The quantitative estimate of drug-likeness (QED) is 0.278. The van der Waals surface area contributed by atoms with E-state index in [1.807, 2.05) is 0 Å². The molecule has 0 aromatic carbocycles. The van der Waals surface area contributed by atoms with Crippen LogP contribution in [0.3, 0.4) is 0 Å². The third-order valence-electron chi connectivity index (χ3n) is 3.67. The van der Waals surface area contributed by atoms with Crippen LogP contribution in [0.4, 0.5) is 57.1 Å². The van der Waals surface area contributed by atoms with Gasteiger partial charge in [0.05, 0.1) is 0 Å². The van der Waals surface area contributed by atoms with Crippen LogP contribution in [-0.4, -0.2) is 35.8 Å². The van der Waals surface area contributed by atoms with E-state index in [2.05, 4.69) is 0 Å². The Labute approximate surface area is 146 Å². The van der Waals surface area contributed by atoms with E-state index >= 15 is 0 Å². The fraction of sp³-hybridized carbons (Fsp3) is 1.00. The maximum atomic E-state index is 13.4. The standard InChI is InChI=1S/C14H17F13/c1-8(2,3)6-4-5-7-9(15,16)10(17,18)11(19,20)12(21,22)13(23,24)14(25,26)27/h4-7H2,1-3H3. The Hall–Kier alpha value is -0.910. The average Bonchev–Trinajstić information content (AvgIpc) is 2.40. The zero-order chi connectivity index (χ0) is 22.3. The van der Waals surface area contributed by atoms with Gasteiger partial charge in [-0.3, -0.25) is 0 Å². The fourth-order valence-electron chi connectivity index (χ4n) is 1.96. The number of unbranched alkanes of at least 4 members (excludes halogenated alkanes) is 1. The molecule has 0 aromatic rings. The van der Waals surface area contributed by atoms with Crippen molar-refractivity contribution < 1.29 is 57.1 Å². The van der Waals surface area contributed by atoms with Crippen LogP contribution < -0.4 is 0 Å². The highest BCUT2D eigenvalue weighted by molar-refractivity contribution is 5.10. The van der Waals surface area contributed by atoms with Crippen molar-refractivity contribution in [1.29, 1.82) is 0 Å². The molecule has 0 fully saturated rings. The number of hydrogen-bond acceptors (Lipinski definition) is 0. The van der Waals surface area contributed by atoms with Crippen LogP contribution in [0.25, 0.3) is 0 Å². The van der Waals surface area contributed by atoms with Gasteiger partial charge < -0.3 is 0 Å². The summed E-state index contributed by atoms with van der Waals surface area (Å²) < 4.78 is 167. The van der Waals surface area contributed by atoms with Crippen LogP contribution in [0.2, 0.25) is 0 Å². The third kappa shape index (κ3) is 4.75. The van der Waals surface area contributed by atoms with Crippen LogP contribution in [0.15, 0.2) is 0 Å². The largest absolute Gasteiger partial charge is 0.460 e. The predicted octanol–water partition coefficient (Wildman–Crippen LogP) is 7.33. The Bertz CT molecular complexity index is 496. The van der Waals surface area contributed by atoms with Gasteiger partial charge in [-0.2, -0.15) is 57.1 Å². The fourth-order valence-corrected chi connectivity index (χ4v) is 1.96. The summed E-state index contributed by atoms with van der Waals surface area (Å²) in [6.07, 6.45) is -10.4. The van der Waals surface area contributed by atoms with E-state index in [1.54, 1.807) is 20.8 Å². The van der Waals surface area contributed by atoms with Crippen molar-refractivity contribution in [2.45, 2.75) is 82.2 Å². The summed E-state index contributed by atoms with van der Waals surface area (Å²) in [6, 6.07) is 0. The minimum Gasteiger partial charge on any atom is -0.200 e. The van der Waals surface area contributed by atoms with E-state index in [9.17, 15) is 57.1 Å². The topological polar surface area (TPSA) is 0 Å². The second-order valence-corrected chi connectivity index (χ2v) is 7.27. The average molecular weight is 432 g/mol. The number of alkyl halides is 13. The second kappa shape index (κ2) is 7.16. The molecule has 0 saturated heterocycles. The molecule has 0 aliphatic rings.